The van der Waals surface area contributed by atoms with Gasteiger partial charge in [-0.05, 0) is 59.7 Å². The van der Waals surface area contributed by atoms with E-state index in [1.54, 1.807) is 60.7 Å². The van der Waals surface area contributed by atoms with Gasteiger partial charge in [0.05, 0.1) is 22.9 Å². The van der Waals surface area contributed by atoms with Crippen molar-refractivity contribution >= 4 is 52.5 Å². The van der Waals surface area contributed by atoms with Gasteiger partial charge in [0.2, 0.25) is 0 Å². The summed E-state index contributed by atoms with van der Waals surface area (Å²) in [6, 6.07) is 27.9. The molecule has 0 saturated heterocycles. The highest BCUT2D eigenvalue weighted by molar-refractivity contribution is 6.32. The Morgan fingerprint density at radius 2 is 0.974 bits per heavy atom. The van der Waals surface area contributed by atoms with E-state index < -0.39 is 11.9 Å². The second-order valence-electron chi connectivity index (χ2n) is 7.69. The van der Waals surface area contributed by atoms with Crippen molar-refractivity contribution in [3.63, 3.8) is 0 Å². The van der Waals surface area contributed by atoms with Crippen LogP contribution in [0.1, 0.15) is 11.1 Å². The molecule has 0 aliphatic carbocycles. The lowest BCUT2D eigenvalue weighted by Gasteiger charge is -2.10. The van der Waals surface area contributed by atoms with Gasteiger partial charge in [-0.2, -0.15) is 0 Å². The maximum Gasteiger partial charge on any atom is 0.351 e. The molecule has 0 amide bonds. The second-order valence-corrected chi connectivity index (χ2v) is 8.51. The van der Waals surface area contributed by atoms with Crippen LogP contribution >= 0.6 is 23.2 Å². The van der Waals surface area contributed by atoms with E-state index in [1.165, 1.54) is 0 Å². The molecule has 4 aromatic carbocycles. The van der Waals surface area contributed by atoms with Crippen LogP contribution in [0.5, 0.6) is 23.0 Å². The van der Waals surface area contributed by atoms with Gasteiger partial charge in [0.1, 0.15) is 23.0 Å². The van der Waals surface area contributed by atoms with E-state index in [-0.39, 0.29) is 30.2 Å². The van der Waals surface area contributed by atoms with E-state index in [4.69, 9.17) is 32.7 Å². The Morgan fingerprint density at radius 3 is 1.37 bits per heavy atom. The highest BCUT2D eigenvalue weighted by Gasteiger charge is 2.14. The predicted octanol–water partition coefficient (Wildman–Crippen LogP) is 6.92. The van der Waals surface area contributed by atoms with Gasteiger partial charge in [0.15, 0.2) is 0 Å². The molecule has 10 heteroatoms. The first-order valence-corrected chi connectivity index (χ1v) is 11.8. The first-order chi connectivity index (χ1) is 18.0. The summed E-state index contributed by atoms with van der Waals surface area (Å²) in [5, 5.41) is 5.15. The van der Waals surface area contributed by atoms with Gasteiger partial charge in [-0.1, -0.05) is 71.7 Å². The summed E-state index contributed by atoms with van der Waals surface area (Å²) in [5.41, 5.74) is 1.12. The van der Waals surface area contributed by atoms with Crippen LogP contribution in [0.4, 0.5) is 0 Å². The smallest absolute Gasteiger partial charge is 0.351 e. The fraction of sp³-hybridized carbons (Fsp3) is 0.0714. The Hall–Kier alpha value is -3.51. The molecule has 0 heterocycles. The molecular weight excluding hydrogens is 546 g/mol. The summed E-state index contributed by atoms with van der Waals surface area (Å²) in [6.45, 7) is 0. The Kier molecular flexibility index (Phi) is 11.0. The lowest BCUT2D eigenvalue weighted by atomic mass is 10.1. The molecule has 0 saturated carbocycles. The third kappa shape index (κ3) is 8.81. The number of hydrogen-bond acceptors (Lipinski definition) is 7. The minimum atomic E-state index is -0.786. The summed E-state index contributed by atoms with van der Waals surface area (Å²) in [4.78, 5) is 33.4. The first kappa shape index (κ1) is 29.1. The molecule has 0 bridgehead atoms. The Bertz CT molecular complexity index is 1260. The zero-order valence-corrected chi connectivity index (χ0v) is 22.5. The van der Waals surface area contributed by atoms with Crippen molar-refractivity contribution in [2.45, 2.75) is 12.8 Å². The number of para-hydroxylation sites is 2. The van der Waals surface area contributed by atoms with E-state index in [1.807, 2.05) is 36.4 Å². The van der Waals surface area contributed by atoms with Crippen molar-refractivity contribution < 1.29 is 33.9 Å². The number of carbonyl (C=O) groups excluding carboxylic acids is 2. The summed E-state index contributed by atoms with van der Waals surface area (Å²) >= 11 is 12.4. The molecule has 0 unspecified atom stereocenters. The topological polar surface area (TPSA) is 80.3 Å². The van der Waals surface area contributed by atoms with Crippen molar-refractivity contribution in [1.82, 2.24) is 0 Å². The largest absolute Gasteiger partial charge is 0.456 e. The Balaban J connectivity index is 0.00000400. The van der Waals surface area contributed by atoms with Crippen molar-refractivity contribution in [2.24, 2.45) is 0 Å². The third-order valence-electron chi connectivity index (χ3n) is 4.88. The minimum Gasteiger partial charge on any atom is -0.456 e. The summed E-state index contributed by atoms with van der Waals surface area (Å²) in [5.74, 6) is 0.377. The van der Waals surface area contributed by atoms with Crippen LogP contribution < -0.4 is 9.47 Å². The predicted molar refractivity (Wildman–Crippen MR) is 142 cm³/mol. The van der Waals surface area contributed by atoms with Gasteiger partial charge in [-0.15, -0.1) is 0 Å². The molecule has 4 rings (SSSR count). The molecule has 7 nitrogen and oxygen atoms in total. The van der Waals surface area contributed by atoms with Crippen LogP contribution in [0.15, 0.2) is 97.1 Å². The Labute approximate surface area is 239 Å². The molecule has 0 N–H and O–H groups in total. The third-order valence-corrected chi connectivity index (χ3v) is 5.51. The average molecular weight is 566 g/mol. The van der Waals surface area contributed by atoms with Gasteiger partial charge in [-0.25, -0.2) is 9.59 Å². The molecule has 191 valence electrons. The number of hydrogen-bond donors (Lipinski definition) is 0. The fourth-order valence-corrected chi connectivity index (χ4v) is 3.50. The van der Waals surface area contributed by atoms with Gasteiger partial charge < -0.3 is 9.47 Å². The minimum absolute atomic E-state index is 0. The quantitative estimate of drug-likeness (QED) is 0.117. The van der Waals surface area contributed by atoms with Crippen molar-refractivity contribution in [1.29, 1.82) is 0 Å². The molecule has 38 heavy (non-hydrogen) atoms. The van der Waals surface area contributed by atoms with Gasteiger partial charge in [0.25, 0.3) is 0 Å². The maximum atomic E-state index is 12.1. The number of halogens is 2. The standard InChI is InChI=1S/C28H20Cl2O7.Al/c29-23-13-11-19(15-25(23)33-21-7-3-1-4-8-21)17-27(31)35-37-36-28(32)18-20-12-14-24(30)26(16-20)34-22-9-5-2-6-10-22;/h1-16H,17-18H2;. The van der Waals surface area contributed by atoms with E-state index in [0.29, 0.717) is 44.2 Å². The molecule has 0 fully saturated rings. The zero-order valence-electron chi connectivity index (χ0n) is 19.8. The van der Waals surface area contributed by atoms with Crippen LogP contribution in [0, 0.1) is 0 Å². The normalized spacial score (nSPS) is 10.2. The first-order valence-electron chi connectivity index (χ1n) is 11.1. The number of rotatable bonds is 10. The van der Waals surface area contributed by atoms with Crippen LogP contribution in [0.2, 0.25) is 10.0 Å². The highest BCUT2D eigenvalue weighted by atomic mass is 35.5. The summed E-state index contributed by atoms with van der Waals surface area (Å²) < 4.78 is 11.5. The molecule has 0 aliphatic heterocycles. The molecule has 4 aromatic rings. The van der Waals surface area contributed by atoms with Crippen molar-refractivity contribution in [2.75, 3.05) is 0 Å². The van der Waals surface area contributed by atoms with Crippen LogP contribution in [-0.4, -0.2) is 29.3 Å². The van der Waals surface area contributed by atoms with E-state index >= 15 is 0 Å². The summed E-state index contributed by atoms with van der Waals surface area (Å²) in [6.07, 6.45) is -0.339. The molecule has 3 radical (unpaired) electrons. The lowest BCUT2D eigenvalue weighted by Crippen LogP contribution is -2.13. The number of carbonyl (C=O) groups is 2. The maximum absolute atomic E-state index is 12.1. The van der Waals surface area contributed by atoms with Gasteiger partial charge in [-0.3, -0.25) is 9.78 Å². The van der Waals surface area contributed by atoms with Crippen molar-refractivity contribution in [3.05, 3.63) is 118 Å². The average Bonchev–Trinajstić information content (AvgIpc) is 2.89. The fourth-order valence-electron chi connectivity index (χ4n) is 3.19. The number of ether oxygens (including phenoxy) is 2. The molecule has 0 aliphatic rings. The zero-order chi connectivity index (χ0) is 26.0. The van der Waals surface area contributed by atoms with Crippen LogP contribution in [0.3, 0.4) is 0 Å². The molecule has 0 spiro atoms. The molecule has 0 atom stereocenters. The van der Waals surface area contributed by atoms with Crippen molar-refractivity contribution in [3.8, 4) is 23.0 Å². The Morgan fingerprint density at radius 1 is 0.579 bits per heavy atom. The molecular formula is C28H20AlCl2O7. The van der Waals surface area contributed by atoms with Crippen LogP contribution in [0.25, 0.3) is 0 Å². The highest BCUT2D eigenvalue weighted by Crippen LogP contribution is 2.31. The number of benzene rings is 4. The lowest BCUT2D eigenvalue weighted by molar-refractivity contribution is -0.459. The SMILES string of the molecule is O=C(Cc1ccc(Cl)c(Oc2ccccc2)c1)OOOC(=O)Cc1ccc(Cl)c(Oc2ccccc2)c1.[Al]. The van der Waals surface area contributed by atoms with Crippen LogP contribution in [-0.2, 0) is 37.2 Å². The van der Waals surface area contributed by atoms with Gasteiger partial charge >= 0.3 is 11.9 Å². The van der Waals surface area contributed by atoms with E-state index in [2.05, 4.69) is 14.8 Å². The second kappa shape index (κ2) is 14.4. The van der Waals surface area contributed by atoms with Gasteiger partial charge in [0, 0.05) is 22.4 Å². The monoisotopic (exact) mass is 565 g/mol. The summed E-state index contributed by atoms with van der Waals surface area (Å²) in [7, 11) is 0. The van der Waals surface area contributed by atoms with E-state index in [0.717, 1.165) is 0 Å². The molecule has 0 aromatic heterocycles. The van der Waals surface area contributed by atoms with E-state index in [9.17, 15) is 9.59 Å².